The van der Waals surface area contributed by atoms with Crippen LogP contribution in [-0.2, 0) is 9.84 Å². The van der Waals surface area contributed by atoms with Gasteiger partial charge in [0.25, 0.3) is 0 Å². The van der Waals surface area contributed by atoms with Crippen LogP contribution in [0.25, 0.3) is 21.7 Å². The molecular formula is C22H18ClF3N2O2S2. The SMILES string of the molecule is CS(=O)(=O)c1cccc(-c2ccc(/C(NCC(F)(F)F)=C(/C=N)c3ccccc3Cl)s2)c1. The van der Waals surface area contributed by atoms with Crippen LogP contribution in [0.4, 0.5) is 13.2 Å². The molecule has 2 N–H and O–H groups in total. The van der Waals surface area contributed by atoms with E-state index in [1.807, 2.05) is 0 Å². The molecule has 32 heavy (non-hydrogen) atoms. The molecule has 0 aliphatic rings. The summed E-state index contributed by atoms with van der Waals surface area (Å²) in [6.07, 6.45) is -2.40. The van der Waals surface area contributed by atoms with E-state index in [1.54, 1.807) is 48.5 Å². The quantitative estimate of drug-likeness (QED) is 0.384. The fraction of sp³-hybridized carbons (Fsp3) is 0.136. The summed E-state index contributed by atoms with van der Waals surface area (Å²) in [6.45, 7) is -1.29. The molecule has 1 aromatic heterocycles. The number of benzene rings is 2. The van der Waals surface area contributed by atoms with E-state index in [1.165, 1.54) is 23.5 Å². The zero-order valence-electron chi connectivity index (χ0n) is 16.7. The Morgan fingerprint density at radius 1 is 1.12 bits per heavy atom. The second-order valence-electron chi connectivity index (χ2n) is 6.85. The van der Waals surface area contributed by atoms with Crippen molar-refractivity contribution in [1.29, 1.82) is 5.41 Å². The van der Waals surface area contributed by atoms with Crippen molar-refractivity contribution in [2.24, 2.45) is 0 Å². The molecule has 0 unspecified atom stereocenters. The van der Waals surface area contributed by atoms with Crippen LogP contribution in [0.3, 0.4) is 0 Å². The standard InChI is InChI=1S/C22H18ClF3N2O2S2/c1-32(29,30)15-6-4-5-14(11-15)19-9-10-20(31-19)21(28-13-22(24,25)26)17(12-27)16-7-2-3-8-18(16)23/h2-12,27-28H,13H2,1H3/b21-17+,27-12?. The van der Waals surface area contributed by atoms with Crippen molar-refractivity contribution < 1.29 is 21.6 Å². The van der Waals surface area contributed by atoms with Crippen molar-refractivity contribution in [3.63, 3.8) is 0 Å². The highest BCUT2D eigenvalue weighted by Crippen LogP contribution is 2.36. The van der Waals surface area contributed by atoms with Gasteiger partial charge >= 0.3 is 6.18 Å². The van der Waals surface area contributed by atoms with Crippen LogP contribution in [0.2, 0.25) is 5.02 Å². The van der Waals surface area contributed by atoms with Gasteiger partial charge in [-0.2, -0.15) is 13.2 Å². The molecule has 3 rings (SSSR count). The lowest BCUT2D eigenvalue weighted by atomic mass is 10.0. The molecule has 0 fully saturated rings. The van der Waals surface area contributed by atoms with Gasteiger partial charge in [0.2, 0.25) is 0 Å². The number of sulfone groups is 1. The van der Waals surface area contributed by atoms with Crippen LogP contribution in [0.15, 0.2) is 65.6 Å². The molecule has 0 atom stereocenters. The van der Waals surface area contributed by atoms with E-state index in [2.05, 4.69) is 5.32 Å². The van der Waals surface area contributed by atoms with Gasteiger partial charge in [0, 0.05) is 33.5 Å². The summed E-state index contributed by atoms with van der Waals surface area (Å²) in [5.74, 6) is 0. The minimum Gasteiger partial charge on any atom is -0.375 e. The van der Waals surface area contributed by atoms with Crippen LogP contribution < -0.4 is 5.32 Å². The lowest BCUT2D eigenvalue weighted by Crippen LogP contribution is -2.28. The van der Waals surface area contributed by atoms with E-state index in [0.717, 1.165) is 12.5 Å². The Hall–Kier alpha value is -2.62. The van der Waals surface area contributed by atoms with E-state index in [4.69, 9.17) is 17.0 Å². The van der Waals surface area contributed by atoms with Gasteiger partial charge in [-0.05, 0) is 35.9 Å². The minimum absolute atomic E-state index is 0.112. The third kappa shape index (κ3) is 5.79. The fourth-order valence-electron chi connectivity index (χ4n) is 2.98. The van der Waals surface area contributed by atoms with Crippen LogP contribution in [0.5, 0.6) is 0 Å². The van der Waals surface area contributed by atoms with Crippen molar-refractivity contribution in [1.82, 2.24) is 5.32 Å². The van der Waals surface area contributed by atoms with Crippen molar-refractivity contribution >= 4 is 50.3 Å². The highest BCUT2D eigenvalue weighted by Gasteiger charge is 2.28. The van der Waals surface area contributed by atoms with Gasteiger partial charge in [-0.3, -0.25) is 0 Å². The van der Waals surface area contributed by atoms with Gasteiger partial charge < -0.3 is 10.7 Å². The maximum atomic E-state index is 13.0. The maximum Gasteiger partial charge on any atom is 0.405 e. The lowest BCUT2D eigenvalue weighted by molar-refractivity contribution is -0.122. The van der Waals surface area contributed by atoms with E-state index in [9.17, 15) is 21.6 Å². The number of allylic oxidation sites excluding steroid dienone is 1. The number of hydrogen-bond acceptors (Lipinski definition) is 5. The Kier molecular flexibility index (Phi) is 7.12. The topological polar surface area (TPSA) is 70.0 Å². The summed E-state index contributed by atoms with van der Waals surface area (Å²) < 4.78 is 62.7. The molecule has 0 saturated heterocycles. The van der Waals surface area contributed by atoms with Crippen LogP contribution in [0, 0.1) is 5.41 Å². The van der Waals surface area contributed by atoms with Crippen molar-refractivity contribution in [3.8, 4) is 10.4 Å². The van der Waals surface area contributed by atoms with Gasteiger partial charge in [0.15, 0.2) is 9.84 Å². The van der Waals surface area contributed by atoms with Crippen molar-refractivity contribution in [2.75, 3.05) is 12.8 Å². The molecular weight excluding hydrogens is 481 g/mol. The number of nitrogens with one attached hydrogen (secondary N) is 2. The van der Waals surface area contributed by atoms with Crippen LogP contribution in [0.1, 0.15) is 10.4 Å². The van der Waals surface area contributed by atoms with E-state index >= 15 is 0 Å². The Labute approximate surface area is 192 Å². The number of thiophene rings is 1. The molecule has 0 spiro atoms. The van der Waals surface area contributed by atoms with Gasteiger partial charge in [0.1, 0.15) is 6.54 Å². The van der Waals surface area contributed by atoms with E-state index < -0.39 is 22.6 Å². The monoisotopic (exact) mass is 498 g/mol. The molecule has 1 heterocycles. The number of halogens is 4. The summed E-state index contributed by atoms with van der Waals surface area (Å²) in [5, 5.41) is 10.6. The Bertz CT molecular complexity index is 1280. The third-order valence-electron chi connectivity index (χ3n) is 4.44. The molecule has 0 bridgehead atoms. The van der Waals surface area contributed by atoms with E-state index in [0.29, 0.717) is 25.9 Å². The second-order valence-corrected chi connectivity index (χ2v) is 10.4. The molecule has 2 aromatic carbocycles. The summed E-state index contributed by atoms with van der Waals surface area (Å²) in [4.78, 5) is 1.26. The first-order chi connectivity index (χ1) is 15.0. The highest BCUT2D eigenvalue weighted by molar-refractivity contribution is 7.90. The molecule has 3 aromatic rings. The summed E-state index contributed by atoms with van der Waals surface area (Å²) in [5.41, 5.74) is 1.36. The Morgan fingerprint density at radius 3 is 2.47 bits per heavy atom. The molecule has 0 saturated carbocycles. The largest absolute Gasteiger partial charge is 0.405 e. The lowest BCUT2D eigenvalue weighted by Gasteiger charge is -2.16. The van der Waals surface area contributed by atoms with Crippen LogP contribution >= 0.6 is 22.9 Å². The fourth-order valence-corrected chi connectivity index (χ4v) is 4.92. The predicted octanol–water partition coefficient (Wildman–Crippen LogP) is 6.14. The maximum absolute atomic E-state index is 13.0. The zero-order valence-corrected chi connectivity index (χ0v) is 19.1. The molecule has 168 valence electrons. The van der Waals surface area contributed by atoms with Crippen molar-refractivity contribution in [2.45, 2.75) is 11.1 Å². The highest BCUT2D eigenvalue weighted by atomic mass is 35.5. The molecule has 4 nitrogen and oxygen atoms in total. The third-order valence-corrected chi connectivity index (χ3v) is 7.03. The molecule has 0 aliphatic carbocycles. The van der Waals surface area contributed by atoms with Gasteiger partial charge in [-0.1, -0.05) is 41.9 Å². The van der Waals surface area contributed by atoms with Crippen LogP contribution in [-0.4, -0.2) is 33.6 Å². The average Bonchev–Trinajstić information content (AvgIpc) is 3.20. The summed E-state index contributed by atoms with van der Waals surface area (Å²) >= 11 is 7.42. The molecule has 0 amide bonds. The second kappa shape index (κ2) is 9.48. The first-order valence-corrected chi connectivity index (χ1v) is 12.3. The molecule has 10 heteroatoms. The normalized spacial score (nSPS) is 12.9. The average molecular weight is 499 g/mol. The first-order valence-electron chi connectivity index (χ1n) is 9.20. The summed E-state index contributed by atoms with van der Waals surface area (Å²) in [7, 11) is -3.41. The number of hydrogen-bond donors (Lipinski definition) is 2. The molecule has 0 radical (unpaired) electrons. The Balaban J connectivity index is 2.12. The van der Waals surface area contributed by atoms with Gasteiger partial charge in [-0.25, -0.2) is 8.42 Å². The zero-order chi connectivity index (χ0) is 23.5. The Morgan fingerprint density at radius 2 is 1.84 bits per heavy atom. The van der Waals surface area contributed by atoms with E-state index in [-0.39, 0.29) is 16.2 Å². The van der Waals surface area contributed by atoms with Crippen molar-refractivity contribution in [3.05, 3.63) is 76.1 Å². The molecule has 0 aliphatic heterocycles. The minimum atomic E-state index is -4.47. The first kappa shape index (κ1) is 24.0. The summed E-state index contributed by atoms with van der Waals surface area (Å²) in [6, 6.07) is 16.3. The van der Waals surface area contributed by atoms with Gasteiger partial charge in [0.05, 0.1) is 15.5 Å². The number of rotatable bonds is 7. The van der Waals surface area contributed by atoms with Gasteiger partial charge in [-0.15, -0.1) is 11.3 Å². The smallest absolute Gasteiger partial charge is 0.375 e. The number of alkyl halides is 3. The predicted molar refractivity (Wildman–Crippen MR) is 124 cm³/mol.